The van der Waals surface area contributed by atoms with Gasteiger partial charge in [-0.25, -0.2) is 9.37 Å². The minimum Gasteiger partial charge on any atom is -0.338 e. The molecule has 1 saturated heterocycles. The second-order valence-electron chi connectivity index (χ2n) is 8.21. The number of H-pyrrole nitrogens is 2. The highest BCUT2D eigenvalue weighted by atomic mass is 19.1. The van der Waals surface area contributed by atoms with Crippen molar-refractivity contribution in [2.75, 3.05) is 13.1 Å². The number of nitrogens with one attached hydrogen (secondary N) is 3. The van der Waals surface area contributed by atoms with Crippen LogP contribution in [0.3, 0.4) is 0 Å². The molecule has 6 rings (SSSR count). The fraction of sp³-hybridized carbons (Fsp3) is 0.200. The number of hydrogen-bond donors (Lipinski definition) is 3. The summed E-state index contributed by atoms with van der Waals surface area (Å²) in [5, 5.41) is 13.3. The highest BCUT2D eigenvalue weighted by molar-refractivity contribution is 5.99. The molecule has 5 aromatic rings. The first-order valence-electron chi connectivity index (χ1n) is 10.7. The third kappa shape index (κ3) is 3.20. The van der Waals surface area contributed by atoms with Crippen LogP contribution in [0.2, 0.25) is 0 Å². The first-order valence-corrected chi connectivity index (χ1v) is 10.7. The lowest BCUT2D eigenvalue weighted by Gasteiger charge is -2.23. The maximum absolute atomic E-state index is 13.4. The Hall–Kier alpha value is -3.51. The number of benzene rings is 2. The maximum atomic E-state index is 13.4. The van der Waals surface area contributed by atoms with Crippen molar-refractivity contribution in [1.29, 1.82) is 0 Å². The number of nitrogens with zero attached hydrogens (tertiary/aromatic N) is 2. The summed E-state index contributed by atoms with van der Waals surface area (Å²) in [5.41, 5.74) is 6.99. The van der Waals surface area contributed by atoms with E-state index >= 15 is 0 Å². The average Bonchev–Trinajstić information content (AvgIpc) is 3.43. The number of aromatic nitrogens is 4. The molecule has 0 spiro atoms. The lowest BCUT2D eigenvalue weighted by molar-refractivity contribution is 0.460. The third-order valence-corrected chi connectivity index (χ3v) is 6.34. The standard InChI is InChI=1S/C25H22FN5/c26-18-4-1-16(2-5-18)19-9-12-28-25-20(19)14-23(29-25)24-21-13-17(3-6-22(21)30-31-24)15-7-10-27-11-8-15/h1-6,9,12-15,27H,7-8,10-11H2,(H,28,29)(H,30,31). The van der Waals surface area contributed by atoms with E-state index in [1.54, 1.807) is 18.3 Å². The number of aromatic amines is 2. The Bertz CT molecular complexity index is 1380. The first-order chi connectivity index (χ1) is 15.3. The van der Waals surface area contributed by atoms with E-state index in [4.69, 9.17) is 0 Å². The number of hydrogen-bond acceptors (Lipinski definition) is 3. The fourth-order valence-corrected chi connectivity index (χ4v) is 4.68. The highest BCUT2D eigenvalue weighted by Crippen LogP contribution is 2.35. The van der Waals surface area contributed by atoms with E-state index in [2.05, 4.69) is 49.7 Å². The largest absolute Gasteiger partial charge is 0.338 e. The Morgan fingerprint density at radius 3 is 2.58 bits per heavy atom. The predicted octanol–water partition coefficient (Wildman–Crippen LogP) is 5.38. The maximum Gasteiger partial charge on any atom is 0.138 e. The lowest BCUT2D eigenvalue weighted by Crippen LogP contribution is -2.26. The summed E-state index contributed by atoms with van der Waals surface area (Å²) >= 11 is 0. The molecule has 2 aromatic carbocycles. The van der Waals surface area contributed by atoms with E-state index < -0.39 is 0 Å². The van der Waals surface area contributed by atoms with Crippen molar-refractivity contribution in [3.05, 3.63) is 72.2 Å². The van der Waals surface area contributed by atoms with Gasteiger partial charge in [-0.2, -0.15) is 5.10 Å². The Morgan fingerprint density at radius 1 is 0.903 bits per heavy atom. The van der Waals surface area contributed by atoms with Crippen LogP contribution in [-0.2, 0) is 0 Å². The van der Waals surface area contributed by atoms with Crippen molar-refractivity contribution in [2.45, 2.75) is 18.8 Å². The van der Waals surface area contributed by atoms with E-state index in [0.29, 0.717) is 5.92 Å². The van der Waals surface area contributed by atoms with Gasteiger partial charge in [-0.15, -0.1) is 0 Å². The molecular formula is C25H22FN5. The van der Waals surface area contributed by atoms with Gasteiger partial charge < -0.3 is 10.3 Å². The van der Waals surface area contributed by atoms with Crippen LogP contribution in [0.1, 0.15) is 24.3 Å². The Morgan fingerprint density at radius 2 is 1.74 bits per heavy atom. The average molecular weight is 411 g/mol. The van der Waals surface area contributed by atoms with Crippen molar-refractivity contribution < 1.29 is 4.39 Å². The molecule has 154 valence electrons. The van der Waals surface area contributed by atoms with Crippen LogP contribution >= 0.6 is 0 Å². The molecule has 0 saturated carbocycles. The van der Waals surface area contributed by atoms with Gasteiger partial charge in [0.1, 0.15) is 17.2 Å². The number of fused-ring (bicyclic) bond motifs is 2. The summed E-state index contributed by atoms with van der Waals surface area (Å²) in [5.74, 6) is 0.346. The van der Waals surface area contributed by atoms with Crippen molar-refractivity contribution in [2.24, 2.45) is 0 Å². The van der Waals surface area contributed by atoms with E-state index in [1.807, 2.05) is 6.07 Å². The van der Waals surface area contributed by atoms with Crippen molar-refractivity contribution in [1.82, 2.24) is 25.5 Å². The van der Waals surface area contributed by atoms with Gasteiger partial charge >= 0.3 is 0 Å². The Labute approximate surface area is 178 Å². The van der Waals surface area contributed by atoms with Gasteiger partial charge in [0.25, 0.3) is 0 Å². The van der Waals surface area contributed by atoms with Crippen LogP contribution in [-0.4, -0.2) is 33.3 Å². The van der Waals surface area contributed by atoms with Gasteiger partial charge in [-0.05, 0) is 84.9 Å². The van der Waals surface area contributed by atoms with Gasteiger partial charge in [0.2, 0.25) is 0 Å². The summed E-state index contributed by atoms with van der Waals surface area (Å²) in [4.78, 5) is 7.94. The summed E-state index contributed by atoms with van der Waals surface area (Å²) < 4.78 is 13.4. The molecule has 0 amide bonds. The normalized spacial score (nSPS) is 15.1. The zero-order chi connectivity index (χ0) is 20.8. The van der Waals surface area contributed by atoms with Crippen LogP contribution in [0.25, 0.3) is 44.5 Å². The van der Waals surface area contributed by atoms with Crippen LogP contribution in [0.4, 0.5) is 4.39 Å². The van der Waals surface area contributed by atoms with Gasteiger partial charge in [0.05, 0.1) is 11.2 Å². The predicted molar refractivity (Wildman–Crippen MR) is 121 cm³/mol. The molecule has 0 unspecified atom stereocenters. The zero-order valence-corrected chi connectivity index (χ0v) is 17.0. The molecule has 0 bridgehead atoms. The lowest BCUT2D eigenvalue weighted by atomic mass is 9.89. The number of rotatable bonds is 3. The van der Waals surface area contributed by atoms with Gasteiger partial charge in [-0.1, -0.05) is 18.2 Å². The summed E-state index contributed by atoms with van der Waals surface area (Å²) in [6.07, 6.45) is 4.10. The molecule has 3 N–H and O–H groups in total. The molecule has 0 atom stereocenters. The fourth-order valence-electron chi connectivity index (χ4n) is 4.68. The first kappa shape index (κ1) is 18.3. The number of piperidine rings is 1. The summed E-state index contributed by atoms with van der Waals surface area (Å²) in [6.45, 7) is 2.14. The zero-order valence-electron chi connectivity index (χ0n) is 17.0. The topological polar surface area (TPSA) is 69.4 Å². The smallest absolute Gasteiger partial charge is 0.138 e. The molecule has 3 aromatic heterocycles. The quantitative estimate of drug-likeness (QED) is 0.373. The van der Waals surface area contributed by atoms with E-state index in [0.717, 1.165) is 70.4 Å². The van der Waals surface area contributed by atoms with E-state index in [1.165, 1.54) is 17.7 Å². The molecule has 5 nitrogen and oxygen atoms in total. The third-order valence-electron chi connectivity index (χ3n) is 6.34. The van der Waals surface area contributed by atoms with Crippen LogP contribution < -0.4 is 5.32 Å². The van der Waals surface area contributed by atoms with Crippen molar-refractivity contribution >= 4 is 21.9 Å². The monoisotopic (exact) mass is 411 g/mol. The highest BCUT2D eigenvalue weighted by Gasteiger charge is 2.18. The van der Waals surface area contributed by atoms with Crippen LogP contribution in [0.15, 0.2) is 60.8 Å². The molecule has 0 aliphatic carbocycles. The second-order valence-corrected chi connectivity index (χ2v) is 8.21. The van der Waals surface area contributed by atoms with E-state index in [-0.39, 0.29) is 5.82 Å². The summed E-state index contributed by atoms with van der Waals surface area (Å²) in [7, 11) is 0. The van der Waals surface area contributed by atoms with Crippen molar-refractivity contribution in [3.63, 3.8) is 0 Å². The van der Waals surface area contributed by atoms with E-state index in [9.17, 15) is 4.39 Å². The minimum absolute atomic E-state index is 0.239. The van der Waals surface area contributed by atoms with Crippen molar-refractivity contribution in [3.8, 4) is 22.5 Å². The molecule has 1 aliphatic heterocycles. The molecule has 6 heteroatoms. The second kappa shape index (κ2) is 7.32. The van der Waals surface area contributed by atoms with Gasteiger partial charge in [-0.3, -0.25) is 5.10 Å². The number of halogens is 1. The number of pyridine rings is 1. The Balaban J connectivity index is 1.46. The van der Waals surface area contributed by atoms with Crippen LogP contribution in [0, 0.1) is 5.82 Å². The molecule has 0 radical (unpaired) electrons. The molecule has 31 heavy (non-hydrogen) atoms. The van der Waals surface area contributed by atoms with Gasteiger partial charge in [0, 0.05) is 17.0 Å². The van der Waals surface area contributed by atoms with Gasteiger partial charge in [0.15, 0.2) is 0 Å². The Kier molecular flexibility index (Phi) is 4.32. The summed E-state index contributed by atoms with van der Waals surface area (Å²) in [6, 6.07) is 17.3. The SMILES string of the molecule is Fc1ccc(-c2ccnc3[nH]c(-c4n[nH]c5ccc(C6CCNCC6)cc45)cc23)cc1. The molecule has 4 heterocycles. The molecule has 1 aliphatic rings. The minimum atomic E-state index is -0.239. The molecule has 1 fully saturated rings. The molecular weight excluding hydrogens is 389 g/mol. The van der Waals surface area contributed by atoms with Crippen LogP contribution in [0.5, 0.6) is 0 Å².